The molecule has 5 fully saturated rings. The van der Waals surface area contributed by atoms with E-state index in [1.807, 2.05) is 38.2 Å². The quantitative estimate of drug-likeness (QED) is 0.0659. The van der Waals surface area contributed by atoms with Crippen LogP contribution in [-0.4, -0.2) is 158 Å². The van der Waals surface area contributed by atoms with E-state index in [4.69, 9.17) is 29.2 Å². The number of fused-ring (bicyclic) bond motifs is 2. The lowest BCUT2D eigenvalue weighted by Gasteiger charge is -2.43. The van der Waals surface area contributed by atoms with Gasteiger partial charge in [-0.1, -0.05) is 26.0 Å². The number of rotatable bonds is 19. The molecule has 9 heterocycles. The van der Waals surface area contributed by atoms with Gasteiger partial charge in [-0.25, -0.2) is 19.3 Å². The summed E-state index contributed by atoms with van der Waals surface area (Å²) in [6.45, 7) is 11.5. The molecule has 424 valence electrons. The number of halogens is 1. The molecule has 4 aliphatic heterocycles. The predicted octanol–water partition coefficient (Wildman–Crippen LogP) is 6.70. The van der Waals surface area contributed by atoms with Gasteiger partial charge in [-0.2, -0.15) is 0 Å². The highest BCUT2D eigenvalue weighted by molar-refractivity contribution is 7.13. The number of carbonyl (C=O) groups is 2. The van der Waals surface area contributed by atoms with E-state index in [0.717, 1.165) is 76.1 Å². The minimum Gasteiger partial charge on any atom is -0.507 e. The van der Waals surface area contributed by atoms with Crippen molar-refractivity contribution in [3.63, 3.8) is 0 Å². The summed E-state index contributed by atoms with van der Waals surface area (Å²) in [5, 5.41) is 36.8. The van der Waals surface area contributed by atoms with E-state index >= 15 is 4.39 Å². The van der Waals surface area contributed by atoms with E-state index in [1.54, 1.807) is 37.6 Å². The van der Waals surface area contributed by atoms with Crippen LogP contribution in [-0.2, 0) is 14.3 Å². The number of aromatic nitrogens is 6. The number of aromatic hydroxyl groups is 1. The smallest absolute Gasteiger partial charge is 0.254 e. The zero-order valence-corrected chi connectivity index (χ0v) is 46.4. The van der Waals surface area contributed by atoms with Gasteiger partial charge in [0.25, 0.3) is 5.88 Å². The maximum Gasteiger partial charge on any atom is 0.254 e. The minimum absolute atomic E-state index is 0.0270. The third kappa shape index (κ3) is 11.5. The lowest BCUT2D eigenvalue weighted by atomic mass is 9.91. The van der Waals surface area contributed by atoms with Crippen molar-refractivity contribution in [2.24, 2.45) is 5.92 Å². The van der Waals surface area contributed by atoms with E-state index < -0.39 is 35.8 Å². The van der Waals surface area contributed by atoms with E-state index in [9.17, 15) is 19.8 Å². The molecular formula is C57H69FN12O9S. The summed E-state index contributed by atoms with van der Waals surface area (Å²) in [6, 6.07) is 14.9. The Morgan fingerprint density at radius 1 is 0.938 bits per heavy atom. The number of phenolic OH excluding ortho intramolecular Hbond substituents is 1. The summed E-state index contributed by atoms with van der Waals surface area (Å²) in [7, 11) is 1.42. The number of ether oxygens (including phenoxy) is 4. The molecule has 21 nitrogen and oxygen atoms in total. The summed E-state index contributed by atoms with van der Waals surface area (Å²) in [5.74, 6) is -0.678. The molecule has 5 aliphatic rings. The first kappa shape index (κ1) is 54.7. The number of para-hydroxylation sites is 1. The van der Waals surface area contributed by atoms with Crippen LogP contribution < -0.4 is 35.1 Å². The third-order valence-corrected chi connectivity index (χ3v) is 17.2. The molecule has 2 amide bonds. The molecule has 5 N–H and O–H groups in total. The van der Waals surface area contributed by atoms with E-state index in [-0.39, 0.29) is 78.4 Å². The molecule has 6 atom stereocenters. The summed E-state index contributed by atoms with van der Waals surface area (Å²) < 4.78 is 45.7. The van der Waals surface area contributed by atoms with Crippen LogP contribution in [0.5, 0.6) is 23.4 Å². The first-order valence-corrected chi connectivity index (χ1v) is 28.5. The van der Waals surface area contributed by atoms with Gasteiger partial charge in [0.05, 0.1) is 58.9 Å². The number of amides is 2. The molecule has 1 aromatic carbocycles. The maximum atomic E-state index is 15.5. The Bertz CT molecular complexity index is 3160. The average molecular weight is 1120 g/mol. The summed E-state index contributed by atoms with van der Waals surface area (Å²) in [5.41, 5.74) is 12.2. The monoisotopic (exact) mass is 1120 g/mol. The van der Waals surface area contributed by atoms with Crippen molar-refractivity contribution in [2.75, 3.05) is 68.5 Å². The van der Waals surface area contributed by atoms with Gasteiger partial charge in [0.15, 0.2) is 17.4 Å². The standard InChI is InChI=1S/C57H69FN12O9S/c1-31(2)51(57(74)69-29-37(71)21-46(69)55(73)62-32(3)42-24-43(58)52(63-56(42)75-5)53-33(4)61-30-80-53)48-26-50(66-79-48)76-19-18-67-16-13-38(14-17-67)77-39-22-40(23-39)78-49-20-34(12-15-60-49)70-35-10-11-36(70)28-68(27-35)45-25-44(64-65-54(45)59)41-8-6-7-9-47(41)72/h6-9,12,15,20,24-26,30-32,35-40,46,51,71-72H,10-11,13-14,16-19,21-23,27-29H2,1-5H3,(H2,59,65)(H,62,73)/t32-,35?,36?,37-,39-,40-,46+,51-/m1/s1. The number of nitrogens with two attached hydrogens (primary N) is 1. The number of carbonyl (C=O) groups excluding carboxylic acids is 2. The molecular weight excluding hydrogens is 1050 g/mol. The number of aliphatic hydroxyl groups excluding tert-OH is 1. The number of phenols is 1. The van der Waals surface area contributed by atoms with Crippen LogP contribution in [0.1, 0.15) is 94.7 Å². The third-order valence-electron chi connectivity index (χ3n) is 16.3. The lowest BCUT2D eigenvalue weighted by molar-refractivity contribution is -0.141. The topological polar surface area (TPSA) is 253 Å². The Hall–Kier alpha value is -7.21. The van der Waals surface area contributed by atoms with Crippen LogP contribution in [0.25, 0.3) is 21.8 Å². The Balaban J connectivity index is 0.609. The average Bonchev–Trinajstić information content (AvgIpc) is 4.30. The van der Waals surface area contributed by atoms with Crippen molar-refractivity contribution in [3.05, 3.63) is 89.1 Å². The van der Waals surface area contributed by atoms with Gasteiger partial charge in [-0.15, -0.1) is 21.5 Å². The number of aliphatic hydroxyl groups is 1. The molecule has 0 radical (unpaired) electrons. The van der Waals surface area contributed by atoms with Crippen LogP contribution >= 0.6 is 11.3 Å². The number of thiazole rings is 1. The first-order chi connectivity index (χ1) is 38.7. The molecule has 23 heteroatoms. The van der Waals surface area contributed by atoms with E-state index in [1.165, 1.54) is 29.4 Å². The van der Waals surface area contributed by atoms with Crippen LogP contribution in [0, 0.1) is 18.7 Å². The molecule has 80 heavy (non-hydrogen) atoms. The van der Waals surface area contributed by atoms with Crippen LogP contribution in [0.4, 0.5) is 21.6 Å². The Morgan fingerprint density at radius 3 is 2.44 bits per heavy atom. The van der Waals surface area contributed by atoms with Crippen molar-refractivity contribution in [2.45, 2.75) is 127 Å². The summed E-state index contributed by atoms with van der Waals surface area (Å²) in [6.07, 6.45) is 6.84. The first-order valence-electron chi connectivity index (χ1n) is 27.7. The second-order valence-corrected chi connectivity index (χ2v) is 22.9. The number of anilines is 3. The largest absolute Gasteiger partial charge is 0.507 e. The fourth-order valence-corrected chi connectivity index (χ4v) is 12.9. The summed E-state index contributed by atoms with van der Waals surface area (Å²) in [4.78, 5) is 50.5. The molecule has 0 spiro atoms. The number of aryl methyl sites for hydroxylation is 1. The second kappa shape index (κ2) is 23.5. The molecule has 4 saturated heterocycles. The van der Waals surface area contributed by atoms with Gasteiger partial charge in [-0.05, 0) is 80.9 Å². The number of likely N-dealkylation sites (tertiary alicyclic amines) is 2. The second-order valence-electron chi connectivity index (χ2n) is 22.0. The molecule has 6 aromatic rings. The van der Waals surface area contributed by atoms with Crippen LogP contribution in [0.15, 0.2) is 70.8 Å². The highest BCUT2D eigenvalue weighted by Crippen LogP contribution is 2.41. The van der Waals surface area contributed by atoms with Crippen molar-refractivity contribution in [1.82, 2.24) is 45.4 Å². The Morgan fingerprint density at radius 2 is 1.71 bits per heavy atom. The molecule has 2 unspecified atom stereocenters. The van der Waals surface area contributed by atoms with Gasteiger partial charge in [0.1, 0.15) is 36.1 Å². The fraction of sp³-hybridized carbons (Fsp3) is 0.509. The highest BCUT2D eigenvalue weighted by atomic mass is 32.1. The van der Waals surface area contributed by atoms with E-state index in [0.29, 0.717) is 58.0 Å². The van der Waals surface area contributed by atoms with Crippen molar-refractivity contribution in [3.8, 4) is 45.2 Å². The molecule has 1 aliphatic carbocycles. The maximum absolute atomic E-state index is 15.5. The number of piperidine rings is 1. The van der Waals surface area contributed by atoms with Crippen molar-refractivity contribution in [1.29, 1.82) is 0 Å². The zero-order valence-electron chi connectivity index (χ0n) is 45.6. The van der Waals surface area contributed by atoms with Crippen molar-refractivity contribution >= 4 is 40.3 Å². The number of β-amino-alcohol motifs (C(OH)–C–C–N with tert-alkyl or cyclic N) is 1. The van der Waals surface area contributed by atoms with Gasteiger partial charge in [0.2, 0.25) is 23.6 Å². The number of pyridine rings is 2. The normalized spacial score (nSPS) is 23.0. The van der Waals surface area contributed by atoms with Gasteiger partial charge in [0, 0.05) is 106 Å². The fourth-order valence-electron chi connectivity index (χ4n) is 12.1. The Labute approximate surface area is 467 Å². The lowest BCUT2D eigenvalue weighted by Crippen LogP contribution is -2.54. The number of piperazine rings is 1. The number of hydrogen-bond donors (Lipinski definition) is 4. The van der Waals surface area contributed by atoms with Gasteiger partial charge >= 0.3 is 0 Å². The molecule has 5 aromatic heterocycles. The minimum atomic E-state index is -0.993. The SMILES string of the molecule is COc1nc(-c2scnc2C)c(F)cc1[C@@H](C)NC(=O)[C@@H]1C[C@@H](O)CN1C(=O)[C@@H](c1cc(OCCN2CCC(O[C@H]3C[C@H](Oc4cc(N5C6CCC5CN(c5cc(-c7ccccc7O)nnc5N)C6)ccn4)C3)CC2)no1)C(C)C. The number of methoxy groups -OCH3 is 1. The van der Waals surface area contributed by atoms with E-state index in [2.05, 4.69) is 62.5 Å². The van der Waals surface area contributed by atoms with Crippen LogP contribution in [0.3, 0.4) is 0 Å². The number of nitrogens with zero attached hydrogens (tertiary/aromatic N) is 10. The predicted molar refractivity (Wildman–Crippen MR) is 296 cm³/mol. The van der Waals surface area contributed by atoms with Crippen molar-refractivity contribution < 1.29 is 47.7 Å². The number of nitrogen functional groups attached to an aromatic ring is 1. The molecule has 2 bridgehead atoms. The number of nitrogens with one attached hydrogen (secondary N) is 1. The summed E-state index contributed by atoms with van der Waals surface area (Å²) >= 11 is 1.27. The van der Waals surface area contributed by atoms with Crippen LogP contribution in [0.2, 0.25) is 0 Å². The van der Waals surface area contributed by atoms with Gasteiger partial charge < -0.3 is 59.4 Å². The number of hydrogen-bond acceptors (Lipinski definition) is 20. The molecule has 11 rings (SSSR count). The number of benzene rings is 1. The van der Waals surface area contributed by atoms with Gasteiger partial charge in [-0.3, -0.25) is 14.5 Å². The molecule has 1 saturated carbocycles. The Kier molecular flexibility index (Phi) is 16.1. The zero-order chi connectivity index (χ0) is 55.8. The highest BCUT2D eigenvalue weighted by Gasteiger charge is 2.45.